The maximum Gasteiger partial charge on any atom is 0.225 e. The number of benzene rings is 1. The molecule has 4 rings (SSSR count). The van der Waals surface area contributed by atoms with Crippen LogP contribution < -0.4 is 10.2 Å². The van der Waals surface area contributed by atoms with E-state index in [9.17, 15) is 4.79 Å². The first-order chi connectivity index (χ1) is 14.0. The summed E-state index contributed by atoms with van der Waals surface area (Å²) in [6.07, 6.45) is 2.91. The predicted molar refractivity (Wildman–Crippen MR) is 119 cm³/mol. The largest absolute Gasteiger partial charge is 0.353 e. The lowest BCUT2D eigenvalue weighted by Gasteiger charge is -2.32. The van der Waals surface area contributed by atoms with Crippen LogP contribution in [-0.4, -0.2) is 39.8 Å². The monoisotopic (exact) mass is 411 g/mol. The first-order valence-electron chi connectivity index (χ1n) is 10.4. The highest BCUT2D eigenvalue weighted by atomic mass is 32.1. The summed E-state index contributed by atoms with van der Waals surface area (Å²) in [4.78, 5) is 19.8. The number of anilines is 1. The fourth-order valence-electron chi connectivity index (χ4n) is 3.75. The number of amides is 1. The third-order valence-corrected chi connectivity index (χ3v) is 6.93. The number of carbonyl (C=O) groups is 1. The molecule has 1 fully saturated rings. The number of nitrogens with one attached hydrogen (secondary N) is 1. The van der Waals surface area contributed by atoms with Crippen molar-refractivity contribution in [3.05, 3.63) is 35.5 Å². The van der Waals surface area contributed by atoms with Gasteiger partial charge in [-0.2, -0.15) is 10.1 Å². The third-order valence-electron chi connectivity index (χ3n) is 5.72. The number of nitrogens with zero attached hydrogens (tertiary/aromatic N) is 4. The molecule has 0 unspecified atom stereocenters. The highest BCUT2D eigenvalue weighted by molar-refractivity contribution is 7.22. The van der Waals surface area contributed by atoms with Crippen LogP contribution in [0.4, 0.5) is 5.13 Å². The SMILES string of the molecule is CC[C@@H](C)NC(=O)[C@@H]1CCCN(c2nc3c(s2)c(C)nn3-c2ccc(C)cc2)C1. The Balaban J connectivity index is 1.59. The summed E-state index contributed by atoms with van der Waals surface area (Å²) in [5.41, 5.74) is 4.14. The van der Waals surface area contributed by atoms with Crippen LogP contribution in [0.15, 0.2) is 24.3 Å². The number of carbonyl (C=O) groups excluding carboxylic acids is 1. The lowest BCUT2D eigenvalue weighted by atomic mass is 9.97. The second-order valence-corrected chi connectivity index (χ2v) is 9.06. The quantitative estimate of drug-likeness (QED) is 0.682. The fraction of sp³-hybridized carbons (Fsp3) is 0.500. The Kier molecular flexibility index (Phi) is 5.58. The van der Waals surface area contributed by atoms with E-state index in [0.29, 0.717) is 0 Å². The molecule has 0 saturated carbocycles. The van der Waals surface area contributed by atoms with E-state index in [-0.39, 0.29) is 17.9 Å². The van der Waals surface area contributed by atoms with Crippen LogP contribution in [0, 0.1) is 19.8 Å². The van der Waals surface area contributed by atoms with Gasteiger partial charge in [0.2, 0.25) is 5.91 Å². The summed E-state index contributed by atoms with van der Waals surface area (Å²) in [5, 5.41) is 8.83. The van der Waals surface area contributed by atoms with Gasteiger partial charge in [-0.3, -0.25) is 4.79 Å². The van der Waals surface area contributed by atoms with Gasteiger partial charge in [-0.05, 0) is 52.2 Å². The average molecular weight is 412 g/mol. The Bertz CT molecular complexity index is 1010. The highest BCUT2D eigenvalue weighted by Crippen LogP contribution is 2.34. The van der Waals surface area contributed by atoms with Gasteiger partial charge in [0.15, 0.2) is 10.8 Å². The normalized spacial score (nSPS) is 18.2. The Morgan fingerprint density at radius 2 is 2.07 bits per heavy atom. The number of aryl methyl sites for hydroxylation is 2. The Hall–Kier alpha value is -2.41. The lowest BCUT2D eigenvalue weighted by molar-refractivity contribution is -0.125. The minimum absolute atomic E-state index is 0.0273. The molecule has 3 aromatic rings. The van der Waals surface area contributed by atoms with Gasteiger partial charge in [0, 0.05) is 19.1 Å². The van der Waals surface area contributed by atoms with Gasteiger partial charge in [-0.25, -0.2) is 4.68 Å². The zero-order chi connectivity index (χ0) is 20.5. The first kappa shape index (κ1) is 19.9. The second kappa shape index (κ2) is 8.14. The van der Waals surface area contributed by atoms with Gasteiger partial charge in [0.1, 0.15) is 0 Å². The van der Waals surface area contributed by atoms with E-state index in [1.54, 1.807) is 11.3 Å². The lowest BCUT2D eigenvalue weighted by Crippen LogP contribution is -2.45. The summed E-state index contributed by atoms with van der Waals surface area (Å²) in [7, 11) is 0. The molecule has 1 amide bonds. The minimum atomic E-state index is 0.0273. The molecule has 7 heteroatoms. The Morgan fingerprint density at radius 3 is 2.79 bits per heavy atom. The van der Waals surface area contributed by atoms with Crippen molar-refractivity contribution in [1.82, 2.24) is 20.1 Å². The zero-order valence-electron chi connectivity index (χ0n) is 17.6. The third kappa shape index (κ3) is 4.01. The van der Waals surface area contributed by atoms with Crippen molar-refractivity contribution < 1.29 is 4.79 Å². The molecule has 3 heterocycles. The molecule has 2 aromatic heterocycles. The van der Waals surface area contributed by atoms with Gasteiger partial charge in [0.05, 0.1) is 22.0 Å². The molecule has 6 nitrogen and oxygen atoms in total. The minimum Gasteiger partial charge on any atom is -0.353 e. The molecule has 154 valence electrons. The first-order valence-corrected chi connectivity index (χ1v) is 11.3. The molecule has 0 bridgehead atoms. The Labute approximate surface area is 175 Å². The Morgan fingerprint density at radius 1 is 1.31 bits per heavy atom. The fourth-order valence-corrected chi connectivity index (χ4v) is 4.77. The topological polar surface area (TPSA) is 63.1 Å². The van der Waals surface area contributed by atoms with E-state index < -0.39 is 0 Å². The van der Waals surface area contributed by atoms with Gasteiger partial charge < -0.3 is 10.2 Å². The van der Waals surface area contributed by atoms with Crippen LogP contribution >= 0.6 is 11.3 Å². The molecule has 29 heavy (non-hydrogen) atoms. The summed E-state index contributed by atoms with van der Waals surface area (Å²) >= 11 is 1.68. The predicted octanol–water partition coefficient (Wildman–Crippen LogP) is 4.23. The number of thiazole rings is 1. The number of hydrogen-bond acceptors (Lipinski definition) is 5. The maximum atomic E-state index is 12.6. The second-order valence-electron chi connectivity index (χ2n) is 8.08. The molecular formula is C22H29N5OS. The van der Waals surface area contributed by atoms with E-state index in [1.165, 1.54) is 5.56 Å². The zero-order valence-corrected chi connectivity index (χ0v) is 18.4. The summed E-state index contributed by atoms with van der Waals surface area (Å²) < 4.78 is 3.05. The molecule has 1 saturated heterocycles. The van der Waals surface area contributed by atoms with Crippen molar-refractivity contribution in [3.63, 3.8) is 0 Å². The molecule has 1 aliphatic heterocycles. The average Bonchev–Trinajstić information content (AvgIpc) is 3.29. The van der Waals surface area contributed by atoms with Gasteiger partial charge in [0.25, 0.3) is 0 Å². The molecule has 0 spiro atoms. The summed E-state index contributed by atoms with van der Waals surface area (Å²) in [5.74, 6) is 0.201. The molecule has 0 radical (unpaired) electrons. The molecule has 1 aromatic carbocycles. The van der Waals surface area contributed by atoms with E-state index in [2.05, 4.69) is 55.3 Å². The number of hydrogen-bond donors (Lipinski definition) is 1. The summed E-state index contributed by atoms with van der Waals surface area (Å²) in [6.45, 7) is 9.95. The van der Waals surface area contributed by atoms with Crippen LogP contribution in [0.3, 0.4) is 0 Å². The van der Waals surface area contributed by atoms with Crippen molar-refractivity contribution >= 4 is 32.7 Å². The van der Waals surface area contributed by atoms with Crippen LogP contribution in [-0.2, 0) is 4.79 Å². The van der Waals surface area contributed by atoms with Crippen LogP contribution in [0.2, 0.25) is 0 Å². The molecule has 2 atom stereocenters. The van der Waals surface area contributed by atoms with E-state index in [1.807, 2.05) is 11.6 Å². The van der Waals surface area contributed by atoms with E-state index >= 15 is 0 Å². The van der Waals surface area contributed by atoms with Crippen LogP contribution in [0.25, 0.3) is 16.0 Å². The van der Waals surface area contributed by atoms with Gasteiger partial charge in [-0.15, -0.1) is 0 Å². The standard InChI is InChI=1S/C22H29N5OS/c1-5-15(3)23-21(28)17-7-6-12-26(13-17)22-24-20-19(29-22)16(4)25-27(20)18-10-8-14(2)9-11-18/h8-11,15,17H,5-7,12-13H2,1-4H3,(H,23,28)/t15-,17-/m1/s1. The van der Waals surface area contributed by atoms with Crippen molar-refractivity contribution in [2.24, 2.45) is 5.92 Å². The van der Waals surface area contributed by atoms with Crippen LogP contribution in [0.1, 0.15) is 44.4 Å². The number of fused-ring (bicyclic) bond motifs is 1. The van der Waals surface area contributed by atoms with Crippen molar-refractivity contribution in [2.45, 2.75) is 53.0 Å². The van der Waals surface area contributed by atoms with Gasteiger partial charge in [-0.1, -0.05) is 36.0 Å². The highest BCUT2D eigenvalue weighted by Gasteiger charge is 2.28. The maximum absolute atomic E-state index is 12.6. The smallest absolute Gasteiger partial charge is 0.225 e. The van der Waals surface area contributed by atoms with E-state index in [4.69, 9.17) is 10.1 Å². The number of piperidine rings is 1. The van der Waals surface area contributed by atoms with Crippen molar-refractivity contribution in [3.8, 4) is 5.69 Å². The molecule has 1 N–H and O–H groups in total. The van der Waals surface area contributed by atoms with Gasteiger partial charge >= 0.3 is 0 Å². The summed E-state index contributed by atoms with van der Waals surface area (Å²) in [6, 6.07) is 8.57. The molecule has 0 aliphatic carbocycles. The van der Waals surface area contributed by atoms with Crippen LogP contribution in [0.5, 0.6) is 0 Å². The van der Waals surface area contributed by atoms with Crippen molar-refractivity contribution in [2.75, 3.05) is 18.0 Å². The number of rotatable bonds is 5. The number of aromatic nitrogens is 3. The molecular weight excluding hydrogens is 382 g/mol. The van der Waals surface area contributed by atoms with Crippen molar-refractivity contribution in [1.29, 1.82) is 0 Å². The molecule has 1 aliphatic rings. The van der Waals surface area contributed by atoms with E-state index in [0.717, 1.165) is 59.2 Å².